The number of carbonyl (C=O) groups excluding carboxylic acids is 1. The van der Waals surface area contributed by atoms with Crippen molar-refractivity contribution in [3.63, 3.8) is 0 Å². The monoisotopic (exact) mass is 413 g/mol. The normalized spacial score (nSPS) is 11.8. The molecular formula is C16H14F3N5O3S. The van der Waals surface area contributed by atoms with Crippen LogP contribution in [0.1, 0.15) is 34.6 Å². The number of aromatic nitrogens is 4. The lowest BCUT2D eigenvalue weighted by Crippen LogP contribution is -2.09. The van der Waals surface area contributed by atoms with Gasteiger partial charge in [0.1, 0.15) is 28.7 Å². The van der Waals surface area contributed by atoms with E-state index in [4.69, 9.17) is 14.9 Å². The van der Waals surface area contributed by atoms with Crippen LogP contribution in [-0.4, -0.2) is 32.5 Å². The van der Waals surface area contributed by atoms with Gasteiger partial charge in [-0.3, -0.25) is 0 Å². The highest BCUT2D eigenvalue weighted by atomic mass is 32.2. The summed E-state index contributed by atoms with van der Waals surface area (Å²) in [5, 5.41) is 0.153. The molecule has 0 fully saturated rings. The molecule has 0 aliphatic carbocycles. The van der Waals surface area contributed by atoms with E-state index in [9.17, 15) is 18.0 Å². The van der Waals surface area contributed by atoms with Crippen molar-refractivity contribution in [2.75, 3.05) is 12.3 Å². The average molecular weight is 413 g/mol. The fourth-order valence-electron chi connectivity index (χ4n) is 2.39. The molecule has 148 valence electrons. The van der Waals surface area contributed by atoms with Crippen LogP contribution in [0.4, 0.5) is 19.0 Å². The summed E-state index contributed by atoms with van der Waals surface area (Å²) in [6.45, 7) is 3.41. The van der Waals surface area contributed by atoms with E-state index < -0.39 is 17.8 Å². The molecule has 0 unspecified atom stereocenters. The third-order valence-corrected chi connectivity index (χ3v) is 4.39. The van der Waals surface area contributed by atoms with E-state index in [1.807, 2.05) is 0 Å². The van der Waals surface area contributed by atoms with Crippen LogP contribution in [0, 0.1) is 6.92 Å². The topological polar surface area (TPSA) is 117 Å². The Morgan fingerprint density at radius 2 is 2.07 bits per heavy atom. The van der Waals surface area contributed by atoms with Crippen LogP contribution >= 0.6 is 11.8 Å². The second-order valence-corrected chi connectivity index (χ2v) is 6.41. The van der Waals surface area contributed by atoms with Gasteiger partial charge in [-0.2, -0.15) is 18.2 Å². The van der Waals surface area contributed by atoms with Gasteiger partial charge >= 0.3 is 12.1 Å². The molecule has 12 heteroatoms. The molecule has 3 heterocycles. The molecule has 28 heavy (non-hydrogen) atoms. The molecule has 3 aromatic rings. The van der Waals surface area contributed by atoms with Crippen molar-refractivity contribution in [1.82, 2.24) is 19.9 Å². The molecule has 0 saturated carbocycles. The van der Waals surface area contributed by atoms with Gasteiger partial charge in [0.05, 0.1) is 17.7 Å². The Hall–Kier alpha value is -2.89. The summed E-state index contributed by atoms with van der Waals surface area (Å²) in [4.78, 5) is 27.6. The Balaban J connectivity index is 1.87. The van der Waals surface area contributed by atoms with E-state index in [0.717, 1.165) is 24.0 Å². The number of anilines is 1. The zero-order valence-electron chi connectivity index (χ0n) is 14.7. The van der Waals surface area contributed by atoms with Crippen LogP contribution in [0.25, 0.3) is 11.1 Å². The van der Waals surface area contributed by atoms with Crippen molar-refractivity contribution in [3.8, 4) is 0 Å². The molecule has 0 saturated heterocycles. The molecule has 0 atom stereocenters. The number of aryl methyl sites for hydroxylation is 1. The summed E-state index contributed by atoms with van der Waals surface area (Å²) in [5.74, 6) is -0.0738. The van der Waals surface area contributed by atoms with E-state index >= 15 is 0 Å². The number of nitrogens with two attached hydrogens (primary N) is 1. The van der Waals surface area contributed by atoms with Gasteiger partial charge in [-0.1, -0.05) is 11.8 Å². The van der Waals surface area contributed by atoms with Gasteiger partial charge in [-0.15, -0.1) is 0 Å². The Morgan fingerprint density at radius 3 is 2.75 bits per heavy atom. The lowest BCUT2D eigenvalue weighted by atomic mass is 10.2. The number of ether oxygens (including phenoxy) is 1. The highest BCUT2D eigenvalue weighted by Gasteiger charge is 2.32. The summed E-state index contributed by atoms with van der Waals surface area (Å²) in [5.41, 5.74) is 5.15. The molecule has 0 radical (unpaired) electrons. The van der Waals surface area contributed by atoms with Crippen LogP contribution in [0.15, 0.2) is 21.8 Å². The van der Waals surface area contributed by atoms with Crippen LogP contribution in [0.2, 0.25) is 0 Å². The number of nitrogen functional groups attached to an aromatic ring is 1. The molecule has 0 aliphatic rings. The van der Waals surface area contributed by atoms with Gasteiger partial charge in [-0.25, -0.2) is 19.7 Å². The minimum absolute atomic E-state index is 0.00506. The SMILES string of the molecule is CCOC(=O)c1c(C)oc2nc(CSc3nccc(C(F)(F)F)n3)nc(N)c12. The van der Waals surface area contributed by atoms with E-state index in [0.29, 0.717) is 0 Å². The number of alkyl halides is 3. The van der Waals surface area contributed by atoms with Crippen molar-refractivity contribution in [3.05, 3.63) is 35.1 Å². The number of fused-ring (bicyclic) bond motifs is 1. The van der Waals surface area contributed by atoms with Gasteiger partial charge in [0, 0.05) is 6.20 Å². The van der Waals surface area contributed by atoms with Gasteiger partial charge in [0.25, 0.3) is 0 Å². The van der Waals surface area contributed by atoms with Crippen LogP contribution < -0.4 is 5.73 Å². The summed E-state index contributed by atoms with van der Waals surface area (Å²) in [7, 11) is 0. The third-order valence-electron chi connectivity index (χ3n) is 3.54. The molecule has 0 spiro atoms. The Kier molecular flexibility index (Phi) is 5.40. The highest BCUT2D eigenvalue weighted by Crippen LogP contribution is 2.31. The number of rotatable bonds is 5. The number of furan rings is 1. The predicted molar refractivity (Wildman–Crippen MR) is 93.5 cm³/mol. The largest absolute Gasteiger partial charge is 0.462 e. The number of thioether (sulfide) groups is 1. The van der Waals surface area contributed by atoms with Crippen molar-refractivity contribution in [1.29, 1.82) is 0 Å². The summed E-state index contributed by atoms with van der Waals surface area (Å²) in [6.07, 6.45) is -3.54. The molecular weight excluding hydrogens is 399 g/mol. The molecule has 0 amide bonds. The van der Waals surface area contributed by atoms with Crippen LogP contribution in [0.5, 0.6) is 0 Å². The molecule has 2 N–H and O–H groups in total. The second kappa shape index (κ2) is 7.62. The average Bonchev–Trinajstić information content (AvgIpc) is 2.96. The number of hydrogen-bond donors (Lipinski definition) is 1. The summed E-state index contributed by atoms with van der Waals surface area (Å²) in [6, 6.07) is 0.785. The number of nitrogens with zero attached hydrogens (tertiary/aromatic N) is 4. The van der Waals surface area contributed by atoms with E-state index in [-0.39, 0.29) is 51.6 Å². The Bertz CT molecular complexity index is 1040. The summed E-state index contributed by atoms with van der Waals surface area (Å²) < 4.78 is 48.6. The quantitative estimate of drug-likeness (QED) is 0.381. The first-order valence-corrected chi connectivity index (χ1v) is 8.95. The molecule has 8 nitrogen and oxygen atoms in total. The zero-order valence-corrected chi connectivity index (χ0v) is 15.5. The second-order valence-electron chi connectivity index (χ2n) is 5.47. The van der Waals surface area contributed by atoms with Gasteiger partial charge in [0.15, 0.2) is 5.16 Å². The summed E-state index contributed by atoms with van der Waals surface area (Å²) >= 11 is 0.910. The van der Waals surface area contributed by atoms with Crippen molar-refractivity contribution in [2.45, 2.75) is 30.9 Å². The van der Waals surface area contributed by atoms with Gasteiger partial charge in [-0.05, 0) is 19.9 Å². The van der Waals surface area contributed by atoms with E-state index in [1.165, 1.54) is 0 Å². The minimum atomic E-state index is -4.56. The fraction of sp³-hybridized carbons (Fsp3) is 0.312. The number of halogens is 3. The zero-order chi connectivity index (χ0) is 20.5. The van der Waals surface area contributed by atoms with Crippen molar-refractivity contribution in [2.24, 2.45) is 0 Å². The Labute approximate surface area is 160 Å². The van der Waals surface area contributed by atoms with Crippen LogP contribution in [0.3, 0.4) is 0 Å². The Morgan fingerprint density at radius 1 is 1.32 bits per heavy atom. The number of hydrogen-bond acceptors (Lipinski definition) is 9. The number of esters is 1. The molecule has 0 aromatic carbocycles. The smallest absolute Gasteiger partial charge is 0.433 e. The fourth-order valence-corrected chi connectivity index (χ4v) is 3.08. The molecule has 3 aromatic heterocycles. The minimum Gasteiger partial charge on any atom is -0.462 e. The lowest BCUT2D eigenvalue weighted by molar-refractivity contribution is -0.141. The highest BCUT2D eigenvalue weighted by molar-refractivity contribution is 7.98. The maximum absolute atomic E-state index is 12.7. The molecule has 3 rings (SSSR count). The van der Waals surface area contributed by atoms with E-state index in [1.54, 1.807) is 13.8 Å². The predicted octanol–water partition coefficient (Wildman–Crippen LogP) is 3.39. The van der Waals surface area contributed by atoms with Crippen molar-refractivity contribution < 1.29 is 27.1 Å². The maximum Gasteiger partial charge on any atom is 0.433 e. The first kappa shape index (κ1) is 19.9. The van der Waals surface area contributed by atoms with Crippen LogP contribution in [-0.2, 0) is 16.7 Å². The van der Waals surface area contributed by atoms with Crippen molar-refractivity contribution >= 4 is 34.6 Å². The lowest BCUT2D eigenvalue weighted by Gasteiger charge is -2.06. The molecule has 0 aliphatic heterocycles. The first-order chi connectivity index (χ1) is 13.2. The maximum atomic E-state index is 12.7. The van der Waals surface area contributed by atoms with E-state index in [2.05, 4.69) is 19.9 Å². The first-order valence-electron chi connectivity index (χ1n) is 7.96. The third kappa shape index (κ3) is 4.01. The van der Waals surface area contributed by atoms with Gasteiger partial charge < -0.3 is 14.9 Å². The number of carbonyl (C=O) groups is 1. The van der Waals surface area contributed by atoms with Gasteiger partial charge in [0.2, 0.25) is 5.71 Å². The standard InChI is InChI=1S/C16H14F3N5O3S/c1-3-26-14(25)10-7(2)27-13-11(10)12(20)23-9(24-13)6-28-15-21-5-4-8(22-15)16(17,18)19/h4-5H,3,6H2,1-2H3,(H2,20,23,24). The molecule has 0 bridgehead atoms.